The van der Waals surface area contributed by atoms with E-state index in [-0.39, 0.29) is 5.78 Å². The van der Waals surface area contributed by atoms with Gasteiger partial charge in [-0.05, 0) is 5.57 Å². The van der Waals surface area contributed by atoms with Crippen LogP contribution in [0.2, 0.25) is 0 Å². The molecule has 2 nitrogen and oxygen atoms in total. The van der Waals surface area contributed by atoms with Crippen LogP contribution in [-0.2, 0) is 4.79 Å². The molecule has 0 bridgehead atoms. The average Bonchev–Trinajstić information content (AvgIpc) is 2.20. The van der Waals surface area contributed by atoms with E-state index in [0.29, 0.717) is 12.8 Å². The second kappa shape index (κ2) is 5.03. The molecule has 0 aromatic carbocycles. The van der Waals surface area contributed by atoms with Gasteiger partial charge in [-0.25, -0.2) is 4.39 Å². The van der Waals surface area contributed by atoms with Crippen molar-refractivity contribution >= 4 is 19.6 Å². The number of nitrogens with two attached hydrogens (primary N) is 1. The quantitative estimate of drug-likeness (QED) is 0.769. The van der Waals surface area contributed by atoms with Gasteiger partial charge in [-0.15, -0.1) is 0 Å². The molecule has 0 fully saturated rings. The molecule has 0 aliphatic heterocycles. The summed E-state index contributed by atoms with van der Waals surface area (Å²) in [5.41, 5.74) is 7.03. The maximum absolute atomic E-state index is 12.9. The number of Topliss-reactive ketones (excluding diaryl/α,β-unsaturated/α-hetero) is 1. The van der Waals surface area contributed by atoms with Crippen molar-refractivity contribution in [3.8, 4) is 0 Å². The van der Waals surface area contributed by atoms with E-state index >= 15 is 0 Å². The number of alkyl halides is 1. The Bertz CT molecular complexity index is 359. The summed E-state index contributed by atoms with van der Waals surface area (Å²) >= 11 is 0. The molecule has 0 radical (unpaired) electrons. The Labute approximate surface area is 96.8 Å². The zero-order chi connectivity index (χ0) is 12.3. The van der Waals surface area contributed by atoms with Crippen LogP contribution in [0.3, 0.4) is 0 Å². The number of carbonyl (C=O) groups excluding carboxylic acids is 1. The third-order valence-electron chi connectivity index (χ3n) is 2.89. The van der Waals surface area contributed by atoms with Crippen LogP contribution in [0.25, 0.3) is 0 Å². The van der Waals surface area contributed by atoms with Gasteiger partial charge in [-0.1, -0.05) is 18.2 Å². The summed E-state index contributed by atoms with van der Waals surface area (Å²) in [7, 11) is -0.812. The third-order valence-corrected chi connectivity index (χ3v) is 4.72. The molecule has 0 amide bonds. The van der Waals surface area contributed by atoms with E-state index in [0.717, 1.165) is 5.57 Å². The molecule has 1 aliphatic rings. The Kier molecular flexibility index (Phi) is 4.17. The van der Waals surface area contributed by atoms with Gasteiger partial charge in [0.05, 0.1) is 13.0 Å². The Morgan fingerprint density at radius 3 is 2.81 bits per heavy atom. The van der Waals surface area contributed by atoms with Gasteiger partial charge < -0.3 is 0 Å². The van der Waals surface area contributed by atoms with E-state index in [2.05, 4.69) is 6.30 Å². The Morgan fingerprint density at radius 1 is 1.81 bits per heavy atom. The topological polar surface area (TPSA) is 43.1 Å². The van der Waals surface area contributed by atoms with Gasteiger partial charge in [-0.3, -0.25) is 10.5 Å². The average molecular weight is 242 g/mol. The first-order valence-electron chi connectivity index (χ1n) is 5.22. The molecule has 3 atom stereocenters. The van der Waals surface area contributed by atoms with Crippen molar-refractivity contribution in [1.29, 1.82) is 0 Å². The lowest BCUT2D eigenvalue weighted by Crippen LogP contribution is -2.43. The second-order valence-electron chi connectivity index (χ2n) is 4.25. The lowest BCUT2D eigenvalue weighted by molar-refractivity contribution is -0.119. The molecule has 0 heterocycles. The van der Waals surface area contributed by atoms with E-state index in [4.69, 9.17) is 5.73 Å². The smallest absolute Gasteiger partial charge is 0.235 e. The third kappa shape index (κ3) is 2.87. The van der Waals surface area contributed by atoms with E-state index in [1.54, 1.807) is 6.08 Å². The predicted molar refractivity (Wildman–Crippen MR) is 68.9 cm³/mol. The fourth-order valence-corrected chi connectivity index (χ4v) is 2.60. The normalized spacial score (nSPS) is 24.6. The standard InChI is InChI=1S/C12H18FNOP/c1-9(15)12(14,16(2)3)8-10-4-6-11(13)7-5-10/h4-6,11H,2,7-8,14H2,1,3H3/q+1. The van der Waals surface area contributed by atoms with Gasteiger partial charge in [0.1, 0.15) is 13.7 Å². The fraction of sp³-hybridized carbons (Fsp3) is 0.500. The summed E-state index contributed by atoms with van der Waals surface area (Å²) in [5, 5.41) is -0.880. The van der Waals surface area contributed by atoms with Crippen LogP contribution >= 0.6 is 7.55 Å². The maximum atomic E-state index is 12.9. The molecule has 0 saturated heterocycles. The van der Waals surface area contributed by atoms with Crippen molar-refractivity contribution in [3.05, 3.63) is 23.8 Å². The molecular weight excluding hydrogens is 224 g/mol. The minimum absolute atomic E-state index is 0.0483. The minimum atomic E-state index is -0.906. The predicted octanol–water partition coefficient (Wildman–Crippen LogP) is 2.39. The summed E-state index contributed by atoms with van der Waals surface area (Å²) in [6.45, 7) is 3.39. The Hall–Kier alpha value is -0.790. The second-order valence-corrected chi connectivity index (χ2v) is 6.44. The first kappa shape index (κ1) is 13.3. The SMILES string of the molecule is C=[P+](C)C(N)(CC1=CCC(F)C=C1)C(C)=O. The number of ketones is 1. The van der Waals surface area contributed by atoms with Crippen molar-refractivity contribution < 1.29 is 9.18 Å². The van der Waals surface area contributed by atoms with Crippen LogP contribution in [0.5, 0.6) is 0 Å². The molecule has 0 aromatic heterocycles. The number of hydrogen-bond acceptors (Lipinski definition) is 2. The highest BCUT2D eigenvalue weighted by molar-refractivity contribution is 7.57. The summed E-state index contributed by atoms with van der Waals surface area (Å²) in [6.07, 6.45) is 8.87. The summed E-state index contributed by atoms with van der Waals surface area (Å²) < 4.78 is 12.9. The molecule has 0 spiro atoms. The van der Waals surface area contributed by atoms with Crippen LogP contribution in [-0.4, -0.2) is 30.2 Å². The summed E-state index contributed by atoms with van der Waals surface area (Å²) in [5.74, 6) is -0.0483. The summed E-state index contributed by atoms with van der Waals surface area (Å²) in [4.78, 5) is 11.6. The monoisotopic (exact) mass is 242 g/mol. The van der Waals surface area contributed by atoms with Gasteiger partial charge >= 0.3 is 0 Å². The molecule has 88 valence electrons. The van der Waals surface area contributed by atoms with Crippen LogP contribution in [0.15, 0.2) is 23.8 Å². The van der Waals surface area contributed by atoms with Gasteiger partial charge in [-0.2, -0.15) is 0 Å². The molecule has 0 saturated carbocycles. The van der Waals surface area contributed by atoms with Gasteiger partial charge in [0.15, 0.2) is 5.78 Å². The van der Waals surface area contributed by atoms with Crippen molar-refractivity contribution in [2.45, 2.75) is 31.2 Å². The molecule has 2 N–H and O–H groups in total. The van der Waals surface area contributed by atoms with Gasteiger partial charge in [0, 0.05) is 19.8 Å². The number of allylic oxidation sites excluding steroid dienone is 3. The van der Waals surface area contributed by atoms with E-state index in [9.17, 15) is 9.18 Å². The molecule has 3 unspecified atom stereocenters. The number of carbonyl (C=O) groups is 1. The molecule has 4 heteroatoms. The van der Waals surface area contributed by atoms with Crippen LogP contribution in [0, 0.1) is 0 Å². The summed E-state index contributed by atoms with van der Waals surface area (Å²) in [6, 6.07) is 0. The number of hydrogen-bond donors (Lipinski definition) is 1. The van der Waals surface area contributed by atoms with Gasteiger partial charge in [0.2, 0.25) is 5.28 Å². The number of halogens is 1. The maximum Gasteiger partial charge on any atom is 0.235 e. The molecule has 1 aliphatic carbocycles. The van der Waals surface area contributed by atoms with Crippen LogP contribution in [0.4, 0.5) is 4.39 Å². The lowest BCUT2D eigenvalue weighted by Gasteiger charge is -2.20. The molecule has 0 aromatic rings. The van der Waals surface area contributed by atoms with Crippen molar-refractivity contribution in [2.24, 2.45) is 5.73 Å². The fourth-order valence-electron chi connectivity index (χ4n) is 1.61. The first-order chi connectivity index (χ1) is 7.36. The zero-order valence-corrected chi connectivity index (χ0v) is 10.6. The van der Waals surface area contributed by atoms with Gasteiger partial charge in [0.25, 0.3) is 0 Å². The van der Waals surface area contributed by atoms with E-state index < -0.39 is 19.0 Å². The first-order valence-corrected chi connectivity index (χ1v) is 7.19. The lowest BCUT2D eigenvalue weighted by atomic mass is 9.97. The zero-order valence-electron chi connectivity index (χ0n) is 9.74. The largest absolute Gasteiger partial charge is 0.293 e. The molecule has 1 rings (SSSR count). The van der Waals surface area contributed by atoms with Crippen molar-refractivity contribution in [3.63, 3.8) is 0 Å². The highest BCUT2D eigenvalue weighted by atomic mass is 31.1. The Balaban J connectivity index is 2.83. The molecule has 16 heavy (non-hydrogen) atoms. The van der Waals surface area contributed by atoms with E-state index in [1.807, 2.05) is 12.7 Å². The van der Waals surface area contributed by atoms with E-state index in [1.165, 1.54) is 13.0 Å². The highest BCUT2D eigenvalue weighted by Crippen LogP contribution is 2.37. The Morgan fingerprint density at radius 2 is 2.44 bits per heavy atom. The van der Waals surface area contributed by atoms with Crippen molar-refractivity contribution in [2.75, 3.05) is 6.66 Å². The minimum Gasteiger partial charge on any atom is -0.293 e. The van der Waals surface area contributed by atoms with Crippen LogP contribution < -0.4 is 5.73 Å². The van der Waals surface area contributed by atoms with Crippen LogP contribution in [0.1, 0.15) is 19.8 Å². The molecular formula is C12H18FNOP+. The highest BCUT2D eigenvalue weighted by Gasteiger charge is 2.41. The van der Waals surface area contributed by atoms with Crippen molar-refractivity contribution in [1.82, 2.24) is 0 Å². The number of rotatable bonds is 4.